The van der Waals surface area contributed by atoms with E-state index in [1.54, 1.807) is 18.2 Å². The van der Waals surface area contributed by atoms with E-state index in [1.807, 2.05) is 0 Å². The third-order valence-corrected chi connectivity index (χ3v) is 1.46. The van der Waals surface area contributed by atoms with Gasteiger partial charge in [0.1, 0.15) is 0 Å². The quantitative estimate of drug-likeness (QED) is 0.220. The highest BCUT2D eigenvalue weighted by molar-refractivity contribution is 6.58. The Morgan fingerprint density at radius 2 is 2.15 bits per heavy atom. The molecular formula is C7H10BN3O2. The number of nitrogens with two attached hydrogens (primary N) is 1. The summed E-state index contributed by atoms with van der Waals surface area (Å²) in [7, 11) is -1.51. The van der Waals surface area contributed by atoms with Crippen molar-refractivity contribution in [1.82, 2.24) is 0 Å². The van der Waals surface area contributed by atoms with E-state index < -0.39 is 7.12 Å². The highest BCUT2D eigenvalue weighted by atomic mass is 16.4. The van der Waals surface area contributed by atoms with Gasteiger partial charge >= 0.3 is 7.12 Å². The Kier molecular flexibility index (Phi) is 2.89. The average molecular weight is 179 g/mol. The van der Waals surface area contributed by atoms with Crippen LogP contribution in [0.2, 0.25) is 0 Å². The number of hydrogen-bond donors (Lipinski definition) is 5. The van der Waals surface area contributed by atoms with Gasteiger partial charge in [-0.3, -0.25) is 5.41 Å². The van der Waals surface area contributed by atoms with Gasteiger partial charge in [-0.15, -0.1) is 0 Å². The molecule has 6 N–H and O–H groups in total. The van der Waals surface area contributed by atoms with Crippen molar-refractivity contribution in [2.24, 2.45) is 5.73 Å². The van der Waals surface area contributed by atoms with Crippen molar-refractivity contribution < 1.29 is 10.0 Å². The van der Waals surface area contributed by atoms with Crippen molar-refractivity contribution in [1.29, 1.82) is 5.41 Å². The number of rotatable bonds is 2. The summed E-state index contributed by atoms with van der Waals surface area (Å²) in [5.74, 6) is -0.190. The van der Waals surface area contributed by atoms with Gasteiger partial charge in [0.25, 0.3) is 0 Å². The van der Waals surface area contributed by atoms with Gasteiger partial charge < -0.3 is 21.1 Å². The van der Waals surface area contributed by atoms with Gasteiger partial charge in [-0.1, -0.05) is 12.1 Å². The topological polar surface area (TPSA) is 102 Å². The van der Waals surface area contributed by atoms with Crippen LogP contribution in [-0.2, 0) is 0 Å². The zero-order valence-corrected chi connectivity index (χ0v) is 6.86. The van der Waals surface area contributed by atoms with E-state index in [0.717, 1.165) is 0 Å². The molecule has 0 fully saturated rings. The minimum atomic E-state index is -1.51. The molecule has 1 aromatic carbocycles. The number of nitrogens with one attached hydrogen (secondary N) is 2. The van der Waals surface area contributed by atoms with Gasteiger partial charge in [0.15, 0.2) is 5.96 Å². The van der Waals surface area contributed by atoms with Gasteiger partial charge in [0.2, 0.25) is 0 Å². The number of guanidine groups is 1. The molecule has 0 spiro atoms. The lowest BCUT2D eigenvalue weighted by Gasteiger charge is -2.05. The second-order valence-corrected chi connectivity index (χ2v) is 2.54. The van der Waals surface area contributed by atoms with Crippen molar-refractivity contribution >= 4 is 24.2 Å². The number of anilines is 1. The summed E-state index contributed by atoms with van der Waals surface area (Å²) in [6, 6.07) is 6.38. The van der Waals surface area contributed by atoms with Crippen LogP contribution in [0.15, 0.2) is 24.3 Å². The first kappa shape index (κ1) is 9.56. The van der Waals surface area contributed by atoms with Crippen molar-refractivity contribution in [2.75, 3.05) is 5.32 Å². The van der Waals surface area contributed by atoms with Crippen molar-refractivity contribution in [3.63, 3.8) is 0 Å². The molecule has 6 heteroatoms. The Morgan fingerprint density at radius 3 is 2.69 bits per heavy atom. The smallest absolute Gasteiger partial charge is 0.423 e. The lowest BCUT2D eigenvalue weighted by Crippen LogP contribution is -2.30. The molecule has 0 atom stereocenters. The predicted octanol–water partition coefficient (Wildman–Crippen LogP) is -1.33. The van der Waals surface area contributed by atoms with E-state index in [1.165, 1.54) is 6.07 Å². The molecule has 0 radical (unpaired) electrons. The maximum atomic E-state index is 8.83. The summed E-state index contributed by atoms with van der Waals surface area (Å²) in [5.41, 5.74) is 6.00. The molecule has 0 aliphatic rings. The number of benzene rings is 1. The van der Waals surface area contributed by atoms with E-state index in [-0.39, 0.29) is 5.96 Å². The Balaban J connectivity index is 2.85. The Labute approximate surface area is 75.9 Å². The average Bonchev–Trinajstić information content (AvgIpc) is 2.03. The molecule has 68 valence electrons. The van der Waals surface area contributed by atoms with Crippen LogP contribution < -0.4 is 16.5 Å². The molecule has 0 aliphatic carbocycles. The van der Waals surface area contributed by atoms with Crippen LogP contribution in [0.3, 0.4) is 0 Å². The largest absolute Gasteiger partial charge is 0.488 e. The Morgan fingerprint density at radius 1 is 1.46 bits per heavy atom. The zero-order valence-electron chi connectivity index (χ0n) is 6.86. The monoisotopic (exact) mass is 179 g/mol. The fourth-order valence-electron chi connectivity index (χ4n) is 0.933. The molecule has 0 bridgehead atoms. The Bertz CT molecular complexity index is 316. The molecule has 0 heterocycles. The molecule has 0 aliphatic heterocycles. The van der Waals surface area contributed by atoms with Crippen LogP contribution in [0, 0.1) is 5.41 Å². The second-order valence-electron chi connectivity index (χ2n) is 2.54. The van der Waals surface area contributed by atoms with Crippen LogP contribution >= 0.6 is 0 Å². The van der Waals surface area contributed by atoms with E-state index in [9.17, 15) is 0 Å². The first-order valence-electron chi connectivity index (χ1n) is 3.67. The normalized spacial score (nSPS) is 9.38. The minimum absolute atomic E-state index is 0.190. The third-order valence-electron chi connectivity index (χ3n) is 1.46. The number of hydrogen-bond acceptors (Lipinski definition) is 3. The minimum Gasteiger partial charge on any atom is -0.423 e. The van der Waals surface area contributed by atoms with Crippen LogP contribution in [0.4, 0.5) is 5.69 Å². The molecule has 13 heavy (non-hydrogen) atoms. The van der Waals surface area contributed by atoms with Gasteiger partial charge in [-0.25, -0.2) is 0 Å². The van der Waals surface area contributed by atoms with E-state index in [0.29, 0.717) is 11.2 Å². The zero-order chi connectivity index (χ0) is 9.84. The first-order valence-corrected chi connectivity index (χ1v) is 3.67. The van der Waals surface area contributed by atoms with E-state index >= 15 is 0 Å². The molecule has 1 aromatic rings. The standard InChI is InChI=1S/C7H10BN3O2/c9-7(10)11-6-3-1-2-5(4-6)8(12)13/h1-4,12-13H,(H4,9,10,11). The maximum absolute atomic E-state index is 8.83. The lowest BCUT2D eigenvalue weighted by atomic mass is 9.80. The molecule has 0 saturated heterocycles. The van der Waals surface area contributed by atoms with Gasteiger partial charge in [0.05, 0.1) is 0 Å². The molecule has 1 rings (SSSR count). The van der Waals surface area contributed by atoms with Gasteiger partial charge in [-0.05, 0) is 17.6 Å². The van der Waals surface area contributed by atoms with Crippen LogP contribution in [0.25, 0.3) is 0 Å². The van der Waals surface area contributed by atoms with Crippen molar-refractivity contribution in [3.8, 4) is 0 Å². The summed E-state index contributed by atoms with van der Waals surface area (Å²) < 4.78 is 0. The predicted molar refractivity (Wildman–Crippen MR) is 51.8 cm³/mol. The van der Waals surface area contributed by atoms with Crippen LogP contribution in [0.5, 0.6) is 0 Å². The summed E-state index contributed by atoms with van der Waals surface area (Å²) >= 11 is 0. The Hall–Kier alpha value is -1.53. The fraction of sp³-hybridized carbons (Fsp3) is 0. The van der Waals surface area contributed by atoms with Gasteiger partial charge in [-0.2, -0.15) is 0 Å². The van der Waals surface area contributed by atoms with E-state index in [2.05, 4.69) is 5.32 Å². The summed E-state index contributed by atoms with van der Waals surface area (Å²) in [4.78, 5) is 0. The van der Waals surface area contributed by atoms with Crippen LogP contribution in [0.1, 0.15) is 0 Å². The molecule has 0 aromatic heterocycles. The summed E-state index contributed by atoms with van der Waals surface area (Å²) in [6.07, 6.45) is 0. The molecule has 0 amide bonds. The molecule has 0 unspecified atom stereocenters. The molecule has 5 nitrogen and oxygen atoms in total. The lowest BCUT2D eigenvalue weighted by molar-refractivity contribution is 0.426. The maximum Gasteiger partial charge on any atom is 0.488 e. The van der Waals surface area contributed by atoms with Crippen molar-refractivity contribution in [3.05, 3.63) is 24.3 Å². The van der Waals surface area contributed by atoms with Crippen LogP contribution in [-0.4, -0.2) is 23.1 Å². The highest BCUT2D eigenvalue weighted by Crippen LogP contribution is 2.02. The van der Waals surface area contributed by atoms with Crippen molar-refractivity contribution in [2.45, 2.75) is 0 Å². The van der Waals surface area contributed by atoms with E-state index in [4.69, 9.17) is 21.2 Å². The second kappa shape index (κ2) is 3.93. The molecular weight excluding hydrogens is 169 g/mol. The highest BCUT2D eigenvalue weighted by Gasteiger charge is 2.10. The fourth-order valence-corrected chi connectivity index (χ4v) is 0.933. The van der Waals surface area contributed by atoms with Gasteiger partial charge in [0, 0.05) is 5.69 Å². The SMILES string of the molecule is N=C(N)Nc1cccc(B(O)O)c1. The molecule has 0 saturated carbocycles. The summed E-state index contributed by atoms with van der Waals surface area (Å²) in [6.45, 7) is 0. The first-order chi connectivity index (χ1) is 6.09. The third kappa shape index (κ3) is 2.77. The summed E-state index contributed by atoms with van der Waals surface area (Å²) in [5, 5.41) is 27.1.